The van der Waals surface area contributed by atoms with Gasteiger partial charge in [0.1, 0.15) is 0 Å². The van der Waals surface area contributed by atoms with Crippen LogP contribution in [0.25, 0.3) is 0 Å². The van der Waals surface area contributed by atoms with Crippen molar-refractivity contribution in [3.8, 4) is 5.75 Å². The van der Waals surface area contributed by atoms with E-state index in [4.69, 9.17) is 14.2 Å². The van der Waals surface area contributed by atoms with Crippen molar-refractivity contribution in [2.24, 2.45) is 0 Å². The summed E-state index contributed by atoms with van der Waals surface area (Å²) in [5.41, 5.74) is 0.519. The Labute approximate surface area is 137 Å². The molecule has 1 aliphatic rings. The van der Waals surface area contributed by atoms with Crippen LogP contribution in [0.2, 0.25) is 0 Å². The van der Waals surface area contributed by atoms with Crippen LogP contribution >= 0.6 is 0 Å². The number of carbonyl (C=O) groups is 1. The van der Waals surface area contributed by atoms with Crippen molar-refractivity contribution < 1.29 is 23.9 Å². The van der Waals surface area contributed by atoms with Crippen LogP contribution in [0, 0.1) is 10.1 Å². The van der Waals surface area contributed by atoms with Crippen molar-refractivity contribution in [1.29, 1.82) is 0 Å². The van der Waals surface area contributed by atoms with Crippen molar-refractivity contribution >= 4 is 11.7 Å². The molecule has 0 bridgehead atoms. The summed E-state index contributed by atoms with van der Waals surface area (Å²) in [7, 11) is 0. The van der Waals surface area contributed by atoms with Gasteiger partial charge in [-0.25, -0.2) is 4.79 Å². The lowest BCUT2D eigenvalue weighted by molar-refractivity contribution is -0.385. The monoisotopic (exact) mass is 329 g/mol. The maximum absolute atomic E-state index is 12.1. The number of nitro groups is 1. The summed E-state index contributed by atoms with van der Waals surface area (Å²) in [6.07, 6.45) is 0.141. The van der Waals surface area contributed by atoms with Crippen molar-refractivity contribution in [1.82, 2.24) is 0 Å². The van der Waals surface area contributed by atoms with E-state index < -0.39 is 17.2 Å². The zero-order valence-electron chi connectivity index (χ0n) is 12.7. The Bertz CT molecular complexity index is 740. The van der Waals surface area contributed by atoms with Gasteiger partial charge in [-0.15, -0.1) is 0 Å². The number of nitro benzene ring substituents is 1. The Morgan fingerprint density at radius 2 is 1.83 bits per heavy atom. The highest BCUT2D eigenvalue weighted by atomic mass is 16.7. The molecule has 0 aliphatic carbocycles. The van der Waals surface area contributed by atoms with Crippen LogP contribution in [0.5, 0.6) is 5.75 Å². The minimum absolute atomic E-state index is 0.117. The van der Waals surface area contributed by atoms with E-state index in [9.17, 15) is 14.9 Å². The number of hydrogen-bond acceptors (Lipinski definition) is 6. The molecular weight excluding hydrogens is 314 g/mol. The van der Waals surface area contributed by atoms with E-state index in [0.29, 0.717) is 24.3 Å². The first-order chi connectivity index (χ1) is 11.6. The van der Waals surface area contributed by atoms with E-state index >= 15 is 0 Å². The molecule has 1 aliphatic heterocycles. The first kappa shape index (κ1) is 16.1. The third kappa shape index (κ3) is 3.58. The highest BCUT2D eigenvalue weighted by Crippen LogP contribution is 2.33. The molecule has 0 spiro atoms. The van der Waals surface area contributed by atoms with Crippen LogP contribution in [0.3, 0.4) is 0 Å². The number of rotatable bonds is 4. The quantitative estimate of drug-likeness (QED) is 0.370. The summed E-state index contributed by atoms with van der Waals surface area (Å²) in [4.78, 5) is 22.8. The van der Waals surface area contributed by atoms with E-state index in [2.05, 4.69) is 0 Å². The molecule has 1 heterocycles. The van der Waals surface area contributed by atoms with Crippen LogP contribution in [0.4, 0.5) is 5.69 Å². The Kier molecular flexibility index (Phi) is 4.83. The molecule has 0 saturated carbocycles. The fraction of sp³-hybridized carbons (Fsp3) is 0.235. The minimum atomic E-state index is -0.656. The Morgan fingerprint density at radius 1 is 1.12 bits per heavy atom. The topological polar surface area (TPSA) is 87.9 Å². The zero-order chi connectivity index (χ0) is 16.9. The molecule has 2 aromatic rings. The maximum Gasteiger partial charge on any atom is 0.343 e. The summed E-state index contributed by atoms with van der Waals surface area (Å²) in [5, 5.41) is 11.3. The molecule has 3 rings (SSSR count). The molecule has 7 nitrogen and oxygen atoms in total. The zero-order valence-corrected chi connectivity index (χ0v) is 12.7. The summed E-state index contributed by atoms with van der Waals surface area (Å²) < 4.78 is 16.0. The lowest BCUT2D eigenvalue weighted by Crippen LogP contribution is -2.18. The van der Waals surface area contributed by atoms with Crippen molar-refractivity contribution in [2.75, 3.05) is 13.2 Å². The molecule has 0 unspecified atom stereocenters. The molecule has 0 amide bonds. The van der Waals surface area contributed by atoms with Crippen LogP contribution in [0.15, 0.2) is 48.5 Å². The van der Waals surface area contributed by atoms with E-state index in [1.807, 2.05) is 0 Å². The standard InChI is InChI=1S/C17H15NO6/c19-16(12-5-2-1-3-6-12)24-15-8-7-13(11-14(15)18(20)21)17-22-9-4-10-23-17/h1-3,5-8,11,17H,4,9-10H2. The Hall–Kier alpha value is -2.77. The van der Waals surface area contributed by atoms with Gasteiger partial charge >= 0.3 is 11.7 Å². The normalized spacial score (nSPS) is 15.0. The highest BCUT2D eigenvalue weighted by molar-refractivity contribution is 5.91. The van der Waals surface area contributed by atoms with E-state index in [0.717, 1.165) is 6.42 Å². The number of carbonyl (C=O) groups excluding carboxylic acids is 1. The first-order valence-electron chi connectivity index (χ1n) is 7.44. The van der Waals surface area contributed by atoms with Gasteiger partial charge in [-0.3, -0.25) is 10.1 Å². The molecule has 0 N–H and O–H groups in total. The maximum atomic E-state index is 12.1. The lowest BCUT2D eigenvalue weighted by atomic mass is 10.1. The lowest BCUT2D eigenvalue weighted by Gasteiger charge is -2.23. The van der Waals surface area contributed by atoms with Gasteiger partial charge in [-0.1, -0.05) is 18.2 Å². The average Bonchev–Trinajstić information content (AvgIpc) is 2.63. The number of nitrogens with zero attached hydrogens (tertiary/aromatic N) is 1. The Morgan fingerprint density at radius 3 is 2.50 bits per heavy atom. The highest BCUT2D eigenvalue weighted by Gasteiger charge is 2.24. The Balaban J connectivity index is 1.85. The SMILES string of the molecule is O=C(Oc1ccc(C2OCCCO2)cc1[N+](=O)[O-])c1ccccc1. The van der Waals surface area contributed by atoms with Gasteiger partial charge in [-0.05, 0) is 30.7 Å². The number of esters is 1. The molecule has 0 radical (unpaired) electrons. The second-order valence-corrected chi connectivity index (χ2v) is 5.17. The molecular formula is C17H15NO6. The molecule has 2 aromatic carbocycles. The van der Waals surface area contributed by atoms with Gasteiger partial charge < -0.3 is 14.2 Å². The summed E-state index contributed by atoms with van der Waals surface area (Å²) in [6, 6.07) is 12.6. The fourth-order valence-corrected chi connectivity index (χ4v) is 2.32. The van der Waals surface area contributed by atoms with Crippen molar-refractivity contribution in [3.63, 3.8) is 0 Å². The van der Waals surface area contributed by atoms with Gasteiger partial charge in [-0.2, -0.15) is 0 Å². The van der Waals surface area contributed by atoms with Gasteiger partial charge in [0.2, 0.25) is 5.75 Å². The molecule has 124 valence electrons. The van der Waals surface area contributed by atoms with Gasteiger partial charge in [0.25, 0.3) is 0 Å². The molecule has 7 heteroatoms. The van der Waals surface area contributed by atoms with Crippen molar-refractivity contribution in [3.05, 3.63) is 69.8 Å². The largest absolute Gasteiger partial charge is 0.416 e. The summed E-state index contributed by atoms with van der Waals surface area (Å²) in [5.74, 6) is -0.773. The van der Waals surface area contributed by atoms with Crippen molar-refractivity contribution in [2.45, 2.75) is 12.7 Å². The molecule has 1 fully saturated rings. The summed E-state index contributed by atoms with van der Waals surface area (Å²) >= 11 is 0. The van der Waals surface area contributed by atoms with Gasteiger partial charge in [0.05, 0.1) is 23.7 Å². The van der Waals surface area contributed by atoms with Crippen LogP contribution in [-0.2, 0) is 9.47 Å². The molecule has 0 atom stereocenters. The molecule has 24 heavy (non-hydrogen) atoms. The minimum Gasteiger partial charge on any atom is -0.416 e. The first-order valence-corrected chi connectivity index (χ1v) is 7.44. The van der Waals surface area contributed by atoms with Crippen LogP contribution in [-0.4, -0.2) is 24.1 Å². The van der Waals surface area contributed by atoms with E-state index in [1.54, 1.807) is 36.4 Å². The third-order valence-corrected chi connectivity index (χ3v) is 3.49. The van der Waals surface area contributed by atoms with E-state index in [-0.39, 0.29) is 11.4 Å². The fourth-order valence-electron chi connectivity index (χ4n) is 2.32. The predicted molar refractivity (Wildman–Crippen MR) is 83.8 cm³/mol. The second kappa shape index (κ2) is 7.20. The predicted octanol–water partition coefficient (Wildman–Crippen LogP) is 3.25. The third-order valence-electron chi connectivity index (χ3n) is 3.49. The van der Waals surface area contributed by atoms with E-state index in [1.165, 1.54) is 12.1 Å². The molecule has 0 aromatic heterocycles. The summed E-state index contributed by atoms with van der Waals surface area (Å²) in [6.45, 7) is 1.06. The average molecular weight is 329 g/mol. The number of benzene rings is 2. The second-order valence-electron chi connectivity index (χ2n) is 5.17. The number of hydrogen-bond donors (Lipinski definition) is 0. The van der Waals surface area contributed by atoms with Crippen LogP contribution in [0.1, 0.15) is 28.6 Å². The number of ether oxygens (including phenoxy) is 3. The van der Waals surface area contributed by atoms with Crippen LogP contribution < -0.4 is 4.74 Å². The van der Waals surface area contributed by atoms with Gasteiger partial charge in [0.15, 0.2) is 6.29 Å². The van der Waals surface area contributed by atoms with Gasteiger partial charge in [0, 0.05) is 11.6 Å². The smallest absolute Gasteiger partial charge is 0.343 e. The molecule has 1 saturated heterocycles.